The Hall–Kier alpha value is -2.01. The molecular weight excluding hydrogens is 380 g/mol. The van der Waals surface area contributed by atoms with E-state index in [-0.39, 0.29) is 11.9 Å². The summed E-state index contributed by atoms with van der Waals surface area (Å²) in [6, 6.07) is 15.6. The van der Waals surface area contributed by atoms with Gasteiger partial charge in [-0.05, 0) is 56.2 Å². The largest absolute Gasteiger partial charge is 0.497 e. The number of halogens is 1. The van der Waals surface area contributed by atoms with E-state index in [1.807, 2.05) is 60.4 Å². The summed E-state index contributed by atoms with van der Waals surface area (Å²) in [6.07, 6.45) is 2.19. The maximum absolute atomic E-state index is 13.0. The maximum Gasteiger partial charge on any atom is 0.245 e. The lowest BCUT2D eigenvalue weighted by atomic mass is 10.1. The molecule has 1 aliphatic rings. The average molecular weight is 403 g/mol. The summed E-state index contributed by atoms with van der Waals surface area (Å²) in [4.78, 5) is 17.0. The Morgan fingerprint density at radius 3 is 2.44 bits per heavy atom. The molecule has 2 aromatic carbocycles. The van der Waals surface area contributed by atoms with Gasteiger partial charge >= 0.3 is 0 Å². The molecule has 1 amide bonds. The van der Waals surface area contributed by atoms with Crippen molar-refractivity contribution in [2.24, 2.45) is 0 Å². The minimum Gasteiger partial charge on any atom is -0.497 e. The molecule has 1 fully saturated rings. The van der Waals surface area contributed by atoms with Crippen LogP contribution in [0.1, 0.15) is 19.8 Å². The van der Waals surface area contributed by atoms with Gasteiger partial charge in [0.15, 0.2) is 0 Å². The Balaban J connectivity index is 1.98. The van der Waals surface area contributed by atoms with Gasteiger partial charge in [-0.2, -0.15) is 0 Å². The van der Waals surface area contributed by atoms with Crippen molar-refractivity contribution < 1.29 is 9.53 Å². The van der Waals surface area contributed by atoms with E-state index < -0.39 is 0 Å². The first-order chi connectivity index (χ1) is 12.1. The Labute approximate surface area is 157 Å². The van der Waals surface area contributed by atoms with Gasteiger partial charge in [-0.1, -0.05) is 22.0 Å². The van der Waals surface area contributed by atoms with Crippen LogP contribution < -0.4 is 9.64 Å². The van der Waals surface area contributed by atoms with Crippen molar-refractivity contribution in [3.63, 3.8) is 0 Å². The predicted octanol–water partition coefficient (Wildman–Crippen LogP) is 4.61. The van der Waals surface area contributed by atoms with E-state index in [1.54, 1.807) is 7.11 Å². The number of carbonyl (C=O) groups excluding carboxylic acids is 1. The highest BCUT2D eigenvalue weighted by Crippen LogP contribution is 2.32. The lowest BCUT2D eigenvalue weighted by Crippen LogP contribution is -2.44. The van der Waals surface area contributed by atoms with E-state index in [0.29, 0.717) is 0 Å². The van der Waals surface area contributed by atoms with E-state index in [2.05, 4.69) is 20.8 Å². The van der Waals surface area contributed by atoms with Crippen LogP contribution in [-0.2, 0) is 4.79 Å². The van der Waals surface area contributed by atoms with Crippen molar-refractivity contribution in [2.75, 3.05) is 25.1 Å². The molecule has 0 radical (unpaired) electrons. The molecule has 0 aromatic heterocycles. The van der Waals surface area contributed by atoms with E-state index in [4.69, 9.17) is 4.74 Å². The van der Waals surface area contributed by atoms with Gasteiger partial charge in [0.05, 0.1) is 7.11 Å². The van der Waals surface area contributed by atoms with E-state index in [9.17, 15) is 4.79 Å². The fourth-order valence-corrected chi connectivity index (χ4v) is 3.53. The third-order valence-electron chi connectivity index (χ3n) is 4.60. The highest BCUT2D eigenvalue weighted by Gasteiger charge is 2.29. The lowest BCUT2D eigenvalue weighted by Gasteiger charge is -2.33. The fourth-order valence-electron chi connectivity index (χ4n) is 3.27. The number of nitrogens with zero attached hydrogens (tertiary/aromatic N) is 2. The zero-order valence-corrected chi connectivity index (χ0v) is 16.2. The molecule has 2 aromatic rings. The van der Waals surface area contributed by atoms with Crippen LogP contribution in [0.15, 0.2) is 53.0 Å². The molecule has 0 saturated carbocycles. The molecule has 0 spiro atoms. The molecule has 0 N–H and O–H groups in total. The van der Waals surface area contributed by atoms with Crippen LogP contribution >= 0.6 is 15.9 Å². The number of carbonyl (C=O) groups is 1. The second kappa shape index (κ2) is 7.91. The van der Waals surface area contributed by atoms with Crippen LogP contribution in [0.5, 0.6) is 5.75 Å². The monoisotopic (exact) mass is 402 g/mol. The van der Waals surface area contributed by atoms with E-state index in [0.717, 1.165) is 47.5 Å². The molecule has 0 aliphatic carbocycles. The van der Waals surface area contributed by atoms with Crippen LogP contribution in [0, 0.1) is 0 Å². The summed E-state index contributed by atoms with van der Waals surface area (Å²) in [6.45, 7) is 3.69. The number of benzene rings is 2. The first-order valence-electron chi connectivity index (χ1n) is 8.58. The van der Waals surface area contributed by atoms with Crippen LogP contribution in [0.2, 0.25) is 0 Å². The van der Waals surface area contributed by atoms with Gasteiger partial charge < -0.3 is 14.5 Å². The molecule has 1 saturated heterocycles. The number of hydrogen-bond donors (Lipinski definition) is 0. The van der Waals surface area contributed by atoms with Gasteiger partial charge in [-0.25, -0.2) is 0 Å². The van der Waals surface area contributed by atoms with Crippen molar-refractivity contribution in [3.05, 3.63) is 53.0 Å². The molecule has 3 rings (SSSR count). The second-order valence-electron chi connectivity index (χ2n) is 6.26. The van der Waals surface area contributed by atoms with E-state index in [1.165, 1.54) is 0 Å². The first-order valence-corrected chi connectivity index (χ1v) is 9.37. The molecule has 1 heterocycles. The van der Waals surface area contributed by atoms with Crippen molar-refractivity contribution in [2.45, 2.75) is 25.8 Å². The molecule has 1 aliphatic heterocycles. The zero-order chi connectivity index (χ0) is 17.8. The standard InChI is InChI=1S/C20H23BrN2O2/c1-15(20(24)22-12-3-4-13-22)23(17-10-8-16(21)9-11-17)18-6-5-7-19(14-18)25-2/h5-11,14-15H,3-4,12-13H2,1-2H3. The van der Waals surface area contributed by atoms with Gasteiger partial charge in [-0.15, -0.1) is 0 Å². The number of rotatable bonds is 5. The average Bonchev–Trinajstić information content (AvgIpc) is 3.17. The number of anilines is 2. The molecular formula is C20H23BrN2O2. The van der Waals surface area contributed by atoms with Crippen LogP contribution in [0.25, 0.3) is 0 Å². The Kier molecular flexibility index (Phi) is 5.63. The van der Waals surface area contributed by atoms with Crippen molar-refractivity contribution in [1.29, 1.82) is 0 Å². The molecule has 1 atom stereocenters. The summed E-state index contributed by atoms with van der Waals surface area (Å²) in [5.41, 5.74) is 1.93. The molecule has 1 unspecified atom stereocenters. The Morgan fingerprint density at radius 1 is 1.12 bits per heavy atom. The van der Waals surface area contributed by atoms with E-state index >= 15 is 0 Å². The maximum atomic E-state index is 13.0. The first kappa shape index (κ1) is 17.8. The van der Waals surface area contributed by atoms with Gasteiger partial charge in [0.25, 0.3) is 0 Å². The normalized spacial score (nSPS) is 15.1. The third-order valence-corrected chi connectivity index (χ3v) is 5.13. The minimum atomic E-state index is -0.286. The van der Waals surface area contributed by atoms with Crippen LogP contribution in [0.3, 0.4) is 0 Å². The summed E-state index contributed by atoms with van der Waals surface area (Å²) < 4.78 is 6.38. The summed E-state index contributed by atoms with van der Waals surface area (Å²) in [5, 5.41) is 0. The third kappa shape index (κ3) is 3.98. The molecule has 132 valence electrons. The molecule has 25 heavy (non-hydrogen) atoms. The predicted molar refractivity (Wildman–Crippen MR) is 105 cm³/mol. The zero-order valence-electron chi connectivity index (χ0n) is 14.6. The minimum absolute atomic E-state index is 0.170. The van der Waals surface area contributed by atoms with Gasteiger partial charge in [0.2, 0.25) is 5.91 Å². The van der Waals surface area contributed by atoms with Gasteiger partial charge in [0, 0.05) is 35.0 Å². The fraction of sp³-hybridized carbons (Fsp3) is 0.350. The Bertz CT molecular complexity index is 727. The number of hydrogen-bond acceptors (Lipinski definition) is 3. The van der Waals surface area contributed by atoms with Crippen LogP contribution in [-0.4, -0.2) is 37.0 Å². The second-order valence-corrected chi connectivity index (χ2v) is 7.17. The SMILES string of the molecule is COc1cccc(N(c2ccc(Br)cc2)C(C)C(=O)N2CCCC2)c1. The number of ether oxygens (including phenoxy) is 1. The summed E-state index contributed by atoms with van der Waals surface area (Å²) in [5.74, 6) is 0.948. The van der Waals surface area contributed by atoms with Crippen molar-refractivity contribution >= 4 is 33.2 Å². The number of amides is 1. The lowest BCUT2D eigenvalue weighted by molar-refractivity contribution is -0.131. The highest BCUT2D eigenvalue weighted by molar-refractivity contribution is 9.10. The highest BCUT2D eigenvalue weighted by atomic mass is 79.9. The smallest absolute Gasteiger partial charge is 0.245 e. The number of likely N-dealkylation sites (tertiary alicyclic amines) is 1. The molecule has 0 bridgehead atoms. The molecule has 5 heteroatoms. The van der Waals surface area contributed by atoms with Gasteiger partial charge in [0.1, 0.15) is 11.8 Å². The van der Waals surface area contributed by atoms with Crippen molar-refractivity contribution in [1.82, 2.24) is 4.90 Å². The van der Waals surface area contributed by atoms with Gasteiger partial charge in [-0.3, -0.25) is 4.79 Å². The quantitative estimate of drug-likeness (QED) is 0.731. The Morgan fingerprint density at radius 2 is 1.80 bits per heavy atom. The topological polar surface area (TPSA) is 32.8 Å². The summed E-state index contributed by atoms with van der Waals surface area (Å²) >= 11 is 3.48. The van der Waals surface area contributed by atoms with Crippen LogP contribution in [0.4, 0.5) is 11.4 Å². The number of methoxy groups -OCH3 is 1. The molecule has 4 nitrogen and oxygen atoms in total. The van der Waals surface area contributed by atoms with Crippen molar-refractivity contribution in [3.8, 4) is 5.75 Å². The summed E-state index contributed by atoms with van der Waals surface area (Å²) in [7, 11) is 1.65.